The molecule has 0 saturated heterocycles. The van der Waals surface area contributed by atoms with E-state index in [4.69, 9.17) is 0 Å². The zero-order valence-electron chi connectivity index (χ0n) is 23.4. The standard InChI is InChI=1S/C32H53Br/c1-9-17-31(18-10-2)22-29(13-5,14-6)26-24(31)21-25-27(28(26)33)30(15-7,16-8)23-32(25,19-11-3)20-12-4/h21H,9-20,22-23H2,1-8H3. The quantitative estimate of drug-likeness (QED) is 0.259. The van der Waals surface area contributed by atoms with Gasteiger partial charge in [-0.15, -0.1) is 0 Å². The Balaban J connectivity index is 2.45. The number of fused-ring (bicyclic) bond motifs is 2. The van der Waals surface area contributed by atoms with Crippen LogP contribution < -0.4 is 0 Å². The zero-order valence-corrected chi connectivity index (χ0v) is 24.9. The summed E-state index contributed by atoms with van der Waals surface area (Å²) in [4.78, 5) is 0. The maximum Gasteiger partial charge on any atom is 0.0256 e. The summed E-state index contributed by atoms with van der Waals surface area (Å²) in [6.07, 6.45) is 18.4. The summed E-state index contributed by atoms with van der Waals surface area (Å²) in [6.45, 7) is 19.5. The molecule has 0 fully saturated rings. The molecule has 1 heteroatoms. The number of halogens is 1. The van der Waals surface area contributed by atoms with Crippen molar-refractivity contribution in [3.8, 4) is 0 Å². The molecule has 0 atom stereocenters. The van der Waals surface area contributed by atoms with E-state index in [-0.39, 0.29) is 0 Å². The van der Waals surface area contributed by atoms with Gasteiger partial charge in [-0.1, -0.05) is 103 Å². The molecule has 3 rings (SSSR count). The van der Waals surface area contributed by atoms with Gasteiger partial charge in [0.1, 0.15) is 0 Å². The van der Waals surface area contributed by atoms with Gasteiger partial charge in [0.05, 0.1) is 0 Å². The van der Waals surface area contributed by atoms with Crippen LogP contribution in [0.1, 0.15) is 168 Å². The second-order valence-electron chi connectivity index (χ2n) is 11.9. The molecule has 0 amide bonds. The Morgan fingerprint density at radius 1 is 0.545 bits per heavy atom. The summed E-state index contributed by atoms with van der Waals surface area (Å²) in [6, 6.07) is 2.84. The van der Waals surface area contributed by atoms with Gasteiger partial charge in [0.15, 0.2) is 0 Å². The molecule has 2 aliphatic rings. The monoisotopic (exact) mass is 516 g/mol. The van der Waals surface area contributed by atoms with Gasteiger partial charge >= 0.3 is 0 Å². The van der Waals surface area contributed by atoms with Crippen molar-refractivity contribution in [2.24, 2.45) is 0 Å². The first-order chi connectivity index (χ1) is 15.8. The fraction of sp³-hybridized carbons (Fsp3) is 0.812. The number of hydrogen-bond acceptors (Lipinski definition) is 0. The lowest BCUT2D eigenvalue weighted by atomic mass is 9.68. The lowest BCUT2D eigenvalue weighted by molar-refractivity contribution is 0.260. The Hall–Kier alpha value is -0.300. The van der Waals surface area contributed by atoms with Crippen LogP contribution in [0, 0.1) is 0 Å². The average molecular weight is 518 g/mol. The van der Waals surface area contributed by atoms with Crippen LogP contribution in [0.25, 0.3) is 0 Å². The van der Waals surface area contributed by atoms with Crippen molar-refractivity contribution in [2.45, 2.75) is 167 Å². The zero-order chi connectivity index (χ0) is 24.5. The molecule has 0 N–H and O–H groups in total. The maximum absolute atomic E-state index is 4.41. The van der Waals surface area contributed by atoms with E-state index >= 15 is 0 Å². The van der Waals surface area contributed by atoms with Gasteiger partial charge < -0.3 is 0 Å². The third-order valence-corrected chi connectivity index (χ3v) is 11.2. The summed E-state index contributed by atoms with van der Waals surface area (Å²) < 4.78 is 1.55. The molecule has 1 aromatic rings. The topological polar surface area (TPSA) is 0 Å². The molecule has 0 spiro atoms. The average Bonchev–Trinajstić information content (AvgIpc) is 3.24. The highest BCUT2D eigenvalue weighted by molar-refractivity contribution is 9.10. The molecule has 0 aliphatic heterocycles. The summed E-state index contributed by atoms with van der Waals surface area (Å²) in [7, 11) is 0. The molecule has 188 valence electrons. The molecule has 2 aliphatic carbocycles. The van der Waals surface area contributed by atoms with Gasteiger partial charge in [-0.2, -0.15) is 0 Å². The molecular weight excluding hydrogens is 464 g/mol. The van der Waals surface area contributed by atoms with Crippen molar-refractivity contribution in [1.29, 1.82) is 0 Å². The van der Waals surface area contributed by atoms with Crippen LogP contribution in [-0.4, -0.2) is 0 Å². The SMILES string of the molecule is CCCC1(CCC)CC(CC)(CC)c2c1cc1c(c2Br)C(CC)(CC)CC1(CCC)CCC. The minimum Gasteiger partial charge on any atom is -0.0654 e. The Morgan fingerprint density at radius 2 is 0.848 bits per heavy atom. The van der Waals surface area contributed by atoms with Crippen molar-refractivity contribution < 1.29 is 0 Å². The largest absolute Gasteiger partial charge is 0.0654 e. The highest BCUT2D eigenvalue weighted by Gasteiger charge is 2.56. The Kier molecular flexibility index (Phi) is 8.57. The van der Waals surface area contributed by atoms with Crippen molar-refractivity contribution in [3.05, 3.63) is 32.8 Å². The van der Waals surface area contributed by atoms with Crippen LogP contribution in [0.3, 0.4) is 0 Å². The molecule has 0 unspecified atom stereocenters. The minimum absolute atomic E-state index is 0.335. The Bertz CT molecular complexity index is 732. The Labute approximate surface area is 215 Å². The number of benzene rings is 1. The lowest BCUT2D eigenvalue weighted by Gasteiger charge is -2.36. The molecular formula is C32H53Br. The molecule has 1 aromatic carbocycles. The molecule has 0 bridgehead atoms. The van der Waals surface area contributed by atoms with Crippen LogP contribution in [0.5, 0.6) is 0 Å². The van der Waals surface area contributed by atoms with Gasteiger partial charge in [-0.3, -0.25) is 0 Å². The maximum atomic E-state index is 4.41. The van der Waals surface area contributed by atoms with E-state index in [2.05, 4.69) is 77.4 Å². The highest BCUT2D eigenvalue weighted by Crippen LogP contribution is 2.65. The summed E-state index contributed by atoms with van der Waals surface area (Å²) in [5.74, 6) is 0. The van der Waals surface area contributed by atoms with Crippen molar-refractivity contribution in [3.63, 3.8) is 0 Å². The Morgan fingerprint density at radius 3 is 1.09 bits per heavy atom. The predicted octanol–water partition coefficient (Wildman–Crippen LogP) is 11.0. The molecule has 0 heterocycles. The second-order valence-corrected chi connectivity index (χ2v) is 12.7. The fourth-order valence-electron chi connectivity index (χ4n) is 8.95. The van der Waals surface area contributed by atoms with E-state index in [1.807, 2.05) is 0 Å². The van der Waals surface area contributed by atoms with Gasteiger partial charge in [-0.05, 0) is 108 Å². The van der Waals surface area contributed by atoms with Crippen LogP contribution in [0.15, 0.2) is 10.5 Å². The molecule has 0 radical (unpaired) electrons. The first-order valence-electron chi connectivity index (χ1n) is 14.7. The molecule has 33 heavy (non-hydrogen) atoms. The molecule has 0 nitrogen and oxygen atoms in total. The third kappa shape index (κ3) is 3.99. The molecule has 0 saturated carbocycles. The fourth-order valence-corrected chi connectivity index (χ4v) is 10.2. The van der Waals surface area contributed by atoms with Crippen LogP contribution in [0.4, 0.5) is 0 Å². The molecule has 0 aromatic heterocycles. The first-order valence-corrected chi connectivity index (χ1v) is 15.5. The first kappa shape index (κ1) is 27.3. The van der Waals surface area contributed by atoms with Gasteiger partial charge in [-0.25, -0.2) is 0 Å². The van der Waals surface area contributed by atoms with Gasteiger partial charge in [0.2, 0.25) is 0 Å². The smallest absolute Gasteiger partial charge is 0.0256 e. The number of rotatable bonds is 12. The van der Waals surface area contributed by atoms with Crippen molar-refractivity contribution in [2.75, 3.05) is 0 Å². The summed E-state index contributed by atoms with van der Waals surface area (Å²) in [5.41, 5.74) is 8.42. The number of hydrogen-bond donors (Lipinski definition) is 0. The normalized spacial score (nSPS) is 21.2. The van der Waals surface area contributed by atoms with E-state index in [0.717, 1.165) is 0 Å². The summed E-state index contributed by atoms with van der Waals surface area (Å²) in [5, 5.41) is 0. The third-order valence-electron chi connectivity index (χ3n) is 10.4. The second kappa shape index (κ2) is 10.4. The summed E-state index contributed by atoms with van der Waals surface area (Å²) >= 11 is 4.41. The van der Waals surface area contributed by atoms with Gasteiger partial charge in [0.25, 0.3) is 0 Å². The lowest BCUT2D eigenvalue weighted by Crippen LogP contribution is -2.30. The van der Waals surface area contributed by atoms with E-state index < -0.39 is 0 Å². The van der Waals surface area contributed by atoms with Crippen LogP contribution in [0.2, 0.25) is 0 Å². The van der Waals surface area contributed by atoms with Crippen molar-refractivity contribution >= 4 is 15.9 Å². The van der Waals surface area contributed by atoms with Crippen LogP contribution in [-0.2, 0) is 21.7 Å². The highest BCUT2D eigenvalue weighted by atomic mass is 79.9. The van der Waals surface area contributed by atoms with E-state index in [1.54, 1.807) is 26.7 Å². The van der Waals surface area contributed by atoms with Crippen molar-refractivity contribution in [1.82, 2.24) is 0 Å². The van der Waals surface area contributed by atoms with E-state index in [1.165, 1.54) is 89.9 Å². The minimum atomic E-state index is 0.335. The predicted molar refractivity (Wildman–Crippen MR) is 151 cm³/mol. The van der Waals surface area contributed by atoms with Crippen LogP contribution >= 0.6 is 15.9 Å². The van der Waals surface area contributed by atoms with E-state index in [9.17, 15) is 0 Å². The van der Waals surface area contributed by atoms with E-state index in [0.29, 0.717) is 21.7 Å². The van der Waals surface area contributed by atoms with Gasteiger partial charge in [0, 0.05) is 4.47 Å².